The molecule has 1 aliphatic rings. The molecule has 2 heteroatoms. The largest absolute Gasteiger partial charge is 0.481 e. The first kappa shape index (κ1) is 7.58. The van der Waals surface area contributed by atoms with Crippen LogP contribution in [0.15, 0.2) is 0 Å². The average Bonchev–Trinajstić information content (AvgIpc) is 2.34. The summed E-state index contributed by atoms with van der Waals surface area (Å²) in [6.45, 7) is 2.13. The molecule has 0 aromatic heterocycles. The summed E-state index contributed by atoms with van der Waals surface area (Å²) in [7, 11) is 0. The Labute approximate surface area is 61.2 Å². The Kier molecular flexibility index (Phi) is 2.30. The second-order valence-corrected chi connectivity index (χ2v) is 3.12. The fraction of sp³-hybridized carbons (Fsp3) is 0.875. The summed E-state index contributed by atoms with van der Waals surface area (Å²) in [5.41, 5.74) is 0. The van der Waals surface area contributed by atoms with Crippen molar-refractivity contribution in [2.24, 2.45) is 11.8 Å². The van der Waals surface area contributed by atoms with E-state index in [2.05, 4.69) is 6.92 Å². The van der Waals surface area contributed by atoms with Gasteiger partial charge in [-0.05, 0) is 25.2 Å². The van der Waals surface area contributed by atoms with Gasteiger partial charge in [-0.25, -0.2) is 0 Å². The molecule has 0 aromatic carbocycles. The zero-order chi connectivity index (χ0) is 7.56. The molecular formula is C8H14O2. The predicted octanol–water partition coefficient (Wildman–Crippen LogP) is 1.90. The second kappa shape index (κ2) is 3.04. The van der Waals surface area contributed by atoms with Crippen LogP contribution in [0.4, 0.5) is 0 Å². The third-order valence-electron chi connectivity index (χ3n) is 2.47. The van der Waals surface area contributed by atoms with Gasteiger partial charge in [0, 0.05) is 0 Å². The van der Waals surface area contributed by atoms with Crippen molar-refractivity contribution in [1.29, 1.82) is 0 Å². The summed E-state index contributed by atoms with van der Waals surface area (Å²) in [5, 5.41) is 8.63. The fourth-order valence-corrected chi connectivity index (χ4v) is 1.67. The van der Waals surface area contributed by atoms with Crippen LogP contribution in [0.25, 0.3) is 0 Å². The van der Waals surface area contributed by atoms with E-state index in [0.717, 1.165) is 25.7 Å². The maximum atomic E-state index is 10.5. The van der Waals surface area contributed by atoms with Crippen LogP contribution >= 0.6 is 0 Å². The van der Waals surface area contributed by atoms with Gasteiger partial charge in [0.1, 0.15) is 0 Å². The minimum absolute atomic E-state index is 0.0371. The fourth-order valence-electron chi connectivity index (χ4n) is 1.67. The molecule has 58 valence electrons. The van der Waals surface area contributed by atoms with Gasteiger partial charge in [0.25, 0.3) is 0 Å². The van der Waals surface area contributed by atoms with E-state index in [9.17, 15) is 4.79 Å². The van der Waals surface area contributed by atoms with Gasteiger partial charge in [-0.1, -0.05) is 13.3 Å². The standard InChI is InChI=1S/C8H14O2/c1-2-6-3-4-7(5-6)8(9)10/h6-7H,2-5H2,1H3,(H,9,10)/t6-,7-/m0/s1. The molecule has 0 heterocycles. The van der Waals surface area contributed by atoms with Gasteiger partial charge in [-0.15, -0.1) is 0 Å². The van der Waals surface area contributed by atoms with Crippen LogP contribution < -0.4 is 0 Å². The highest BCUT2D eigenvalue weighted by molar-refractivity contribution is 5.70. The number of aliphatic carboxylic acids is 1. The van der Waals surface area contributed by atoms with Crippen molar-refractivity contribution >= 4 is 5.97 Å². The van der Waals surface area contributed by atoms with Crippen LogP contribution in [0.5, 0.6) is 0 Å². The molecule has 10 heavy (non-hydrogen) atoms. The zero-order valence-corrected chi connectivity index (χ0v) is 6.34. The van der Waals surface area contributed by atoms with Crippen molar-refractivity contribution in [3.63, 3.8) is 0 Å². The first-order valence-electron chi connectivity index (χ1n) is 3.96. The maximum absolute atomic E-state index is 10.5. The Morgan fingerprint density at radius 2 is 2.30 bits per heavy atom. The number of hydrogen-bond donors (Lipinski definition) is 1. The van der Waals surface area contributed by atoms with E-state index in [1.54, 1.807) is 0 Å². The Hall–Kier alpha value is -0.530. The van der Waals surface area contributed by atoms with Gasteiger partial charge < -0.3 is 5.11 Å². The van der Waals surface area contributed by atoms with Gasteiger partial charge in [0.05, 0.1) is 5.92 Å². The van der Waals surface area contributed by atoms with E-state index in [-0.39, 0.29) is 5.92 Å². The first-order chi connectivity index (χ1) is 4.74. The Balaban J connectivity index is 2.35. The van der Waals surface area contributed by atoms with Crippen molar-refractivity contribution < 1.29 is 9.90 Å². The van der Waals surface area contributed by atoms with Crippen LogP contribution in [0.1, 0.15) is 32.6 Å². The average molecular weight is 142 g/mol. The van der Waals surface area contributed by atoms with Gasteiger partial charge >= 0.3 is 5.97 Å². The molecular weight excluding hydrogens is 128 g/mol. The molecule has 0 aliphatic heterocycles. The molecule has 1 N–H and O–H groups in total. The normalized spacial score (nSPS) is 32.5. The predicted molar refractivity (Wildman–Crippen MR) is 38.8 cm³/mol. The Morgan fingerprint density at radius 3 is 2.60 bits per heavy atom. The number of carbonyl (C=O) groups is 1. The van der Waals surface area contributed by atoms with Crippen LogP contribution in [0, 0.1) is 11.8 Å². The molecule has 0 unspecified atom stereocenters. The molecule has 1 fully saturated rings. The smallest absolute Gasteiger partial charge is 0.306 e. The number of hydrogen-bond acceptors (Lipinski definition) is 1. The molecule has 2 atom stereocenters. The van der Waals surface area contributed by atoms with Crippen LogP contribution in [0.3, 0.4) is 0 Å². The number of carboxylic acids is 1. The third-order valence-corrected chi connectivity index (χ3v) is 2.47. The molecule has 1 aliphatic carbocycles. The second-order valence-electron chi connectivity index (χ2n) is 3.12. The lowest BCUT2D eigenvalue weighted by Gasteiger charge is -2.03. The van der Waals surface area contributed by atoms with Crippen molar-refractivity contribution in [2.75, 3.05) is 0 Å². The van der Waals surface area contributed by atoms with E-state index in [0.29, 0.717) is 5.92 Å². The molecule has 2 nitrogen and oxygen atoms in total. The first-order valence-corrected chi connectivity index (χ1v) is 3.96. The molecule has 1 rings (SSSR count). The van der Waals surface area contributed by atoms with Crippen molar-refractivity contribution in [3.05, 3.63) is 0 Å². The van der Waals surface area contributed by atoms with E-state index < -0.39 is 5.97 Å². The van der Waals surface area contributed by atoms with E-state index in [1.807, 2.05) is 0 Å². The highest BCUT2D eigenvalue weighted by atomic mass is 16.4. The Bertz CT molecular complexity index is 131. The lowest BCUT2D eigenvalue weighted by atomic mass is 10.0. The van der Waals surface area contributed by atoms with E-state index in [1.165, 1.54) is 0 Å². The van der Waals surface area contributed by atoms with Gasteiger partial charge in [0.15, 0.2) is 0 Å². The number of carboxylic acid groups (broad SMARTS) is 1. The molecule has 0 bridgehead atoms. The molecule has 0 radical (unpaired) electrons. The Morgan fingerprint density at radius 1 is 1.60 bits per heavy atom. The van der Waals surface area contributed by atoms with Gasteiger partial charge in [-0.2, -0.15) is 0 Å². The summed E-state index contributed by atoms with van der Waals surface area (Å²) in [5.74, 6) is 0.0435. The highest BCUT2D eigenvalue weighted by Gasteiger charge is 2.28. The molecule has 1 saturated carbocycles. The van der Waals surface area contributed by atoms with Gasteiger partial charge in [-0.3, -0.25) is 4.79 Å². The molecule has 0 spiro atoms. The summed E-state index contributed by atoms with van der Waals surface area (Å²) >= 11 is 0. The van der Waals surface area contributed by atoms with Crippen LogP contribution in [-0.2, 0) is 4.79 Å². The molecule has 0 saturated heterocycles. The minimum atomic E-state index is -0.601. The zero-order valence-electron chi connectivity index (χ0n) is 6.34. The highest BCUT2D eigenvalue weighted by Crippen LogP contribution is 2.32. The SMILES string of the molecule is CC[C@H]1CC[C@H](C(=O)O)C1. The quantitative estimate of drug-likeness (QED) is 0.639. The van der Waals surface area contributed by atoms with Crippen LogP contribution in [-0.4, -0.2) is 11.1 Å². The van der Waals surface area contributed by atoms with Crippen molar-refractivity contribution in [2.45, 2.75) is 32.6 Å². The summed E-state index contributed by atoms with van der Waals surface area (Å²) < 4.78 is 0. The third kappa shape index (κ3) is 1.49. The van der Waals surface area contributed by atoms with E-state index >= 15 is 0 Å². The maximum Gasteiger partial charge on any atom is 0.306 e. The monoisotopic (exact) mass is 142 g/mol. The van der Waals surface area contributed by atoms with Gasteiger partial charge in [0.2, 0.25) is 0 Å². The molecule has 0 amide bonds. The van der Waals surface area contributed by atoms with Crippen molar-refractivity contribution in [1.82, 2.24) is 0 Å². The number of rotatable bonds is 2. The molecule has 0 aromatic rings. The minimum Gasteiger partial charge on any atom is -0.481 e. The summed E-state index contributed by atoms with van der Waals surface area (Å²) in [6, 6.07) is 0. The lowest BCUT2D eigenvalue weighted by Crippen LogP contribution is -2.09. The summed E-state index contributed by atoms with van der Waals surface area (Å²) in [6.07, 6.45) is 4.07. The van der Waals surface area contributed by atoms with Crippen molar-refractivity contribution in [3.8, 4) is 0 Å². The lowest BCUT2D eigenvalue weighted by molar-refractivity contribution is -0.141. The topological polar surface area (TPSA) is 37.3 Å². The van der Waals surface area contributed by atoms with Crippen LogP contribution in [0.2, 0.25) is 0 Å². The summed E-state index contributed by atoms with van der Waals surface area (Å²) in [4.78, 5) is 10.5. The van der Waals surface area contributed by atoms with E-state index in [4.69, 9.17) is 5.11 Å².